The molecule has 1 fully saturated rings. The second kappa shape index (κ2) is 10.3. The van der Waals surface area contributed by atoms with Crippen LogP contribution >= 0.6 is 0 Å². The highest BCUT2D eigenvalue weighted by Crippen LogP contribution is 2.32. The minimum absolute atomic E-state index is 0.0511. The molecule has 0 spiro atoms. The number of hydrogen-bond donors (Lipinski definition) is 4. The van der Waals surface area contributed by atoms with Gasteiger partial charge in [-0.25, -0.2) is 9.18 Å². The molecule has 10 heteroatoms. The largest absolute Gasteiger partial charge is 0.451 e. The van der Waals surface area contributed by atoms with Gasteiger partial charge in [-0.05, 0) is 97.0 Å². The minimum Gasteiger partial charge on any atom is -0.451 e. The van der Waals surface area contributed by atoms with Crippen LogP contribution in [0.15, 0.2) is 76.0 Å². The van der Waals surface area contributed by atoms with E-state index >= 15 is 0 Å². The Kier molecular flexibility index (Phi) is 7.00. The van der Waals surface area contributed by atoms with Crippen LogP contribution in [0.4, 0.5) is 20.6 Å². The van der Waals surface area contributed by atoms with E-state index < -0.39 is 27.7 Å². The molecule has 0 unspecified atom stereocenters. The van der Waals surface area contributed by atoms with Gasteiger partial charge in [0.05, 0.1) is 11.4 Å². The van der Waals surface area contributed by atoms with Crippen LogP contribution in [0.25, 0.3) is 22.1 Å². The molecule has 39 heavy (non-hydrogen) atoms. The molecule has 5 rings (SSSR count). The van der Waals surface area contributed by atoms with E-state index in [0.717, 1.165) is 12.0 Å². The Hall–Kier alpha value is -4.02. The van der Waals surface area contributed by atoms with Crippen molar-refractivity contribution in [1.82, 2.24) is 4.72 Å². The molecule has 204 valence electrons. The second-order valence-corrected chi connectivity index (χ2v) is 13.2. The van der Waals surface area contributed by atoms with Crippen LogP contribution in [0.2, 0.25) is 0 Å². The first-order valence-corrected chi connectivity index (χ1v) is 14.5. The van der Waals surface area contributed by atoms with Crippen molar-refractivity contribution in [2.24, 2.45) is 0 Å². The van der Waals surface area contributed by atoms with E-state index in [9.17, 15) is 18.2 Å². The zero-order chi connectivity index (χ0) is 27.8. The molecule has 1 aliphatic heterocycles. The number of thiol groups is 1. The first kappa shape index (κ1) is 26.6. The maximum absolute atomic E-state index is 13.5. The number of nitrogens with one attached hydrogen (secondary N) is 3. The Bertz CT molecular complexity index is 1600. The summed E-state index contributed by atoms with van der Waals surface area (Å²) in [4.78, 5) is 26.5. The van der Waals surface area contributed by atoms with Gasteiger partial charge in [0.1, 0.15) is 17.0 Å². The van der Waals surface area contributed by atoms with Crippen molar-refractivity contribution in [3.8, 4) is 11.1 Å². The number of fused-ring (bicyclic) bond motifs is 1. The van der Waals surface area contributed by atoms with Gasteiger partial charge in [0.15, 0.2) is 5.76 Å². The Morgan fingerprint density at radius 1 is 0.949 bits per heavy atom. The van der Waals surface area contributed by atoms with Crippen molar-refractivity contribution in [2.45, 2.75) is 37.7 Å². The number of ether oxygens (including phenoxy) is 1. The van der Waals surface area contributed by atoms with Crippen LogP contribution in [-0.4, -0.2) is 34.1 Å². The number of hydrogen-bond acceptors (Lipinski definition) is 5. The van der Waals surface area contributed by atoms with Gasteiger partial charge in [-0.2, -0.15) is 0 Å². The fourth-order valence-corrected chi connectivity index (χ4v) is 6.79. The van der Waals surface area contributed by atoms with Gasteiger partial charge in [-0.3, -0.25) is 19.0 Å². The summed E-state index contributed by atoms with van der Waals surface area (Å²) < 4.78 is 40.9. The summed E-state index contributed by atoms with van der Waals surface area (Å²) >= 11 is 0. The predicted molar refractivity (Wildman–Crippen MR) is 151 cm³/mol. The van der Waals surface area contributed by atoms with Crippen molar-refractivity contribution in [2.75, 3.05) is 22.9 Å². The average Bonchev–Trinajstić information content (AvgIpc) is 3.51. The van der Waals surface area contributed by atoms with Crippen molar-refractivity contribution >= 4 is 44.5 Å². The van der Waals surface area contributed by atoms with Crippen molar-refractivity contribution in [1.29, 1.82) is 0 Å². The summed E-state index contributed by atoms with van der Waals surface area (Å²) in [6.45, 7) is 5.96. The van der Waals surface area contributed by atoms with E-state index in [2.05, 4.69) is 15.4 Å². The lowest BCUT2D eigenvalue weighted by Gasteiger charge is -2.21. The maximum Gasteiger partial charge on any atom is 0.412 e. The van der Waals surface area contributed by atoms with Gasteiger partial charge < -0.3 is 14.5 Å². The molecule has 4 aromatic rings. The lowest BCUT2D eigenvalue weighted by atomic mass is 10.0. The fourth-order valence-electron chi connectivity index (χ4n) is 4.40. The average molecular weight is 552 g/mol. The highest BCUT2D eigenvalue weighted by Gasteiger charge is 2.24. The second-order valence-electron chi connectivity index (χ2n) is 10.4. The topological polar surface area (TPSA) is 110 Å². The first-order valence-electron chi connectivity index (χ1n) is 12.6. The van der Waals surface area contributed by atoms with Crippen molar-refractivity contribution in [3.05, 3.63) is 78.3 Å². The molecule has 0 radical (unpaired) electrons. The van der Waals surface area contributed by atoms with Crippen LogP contribution in [0.3, 0.4) is 0 Å². The van der Waals surface area contributed by atoms with Crippen LogP contribution in [-0.2, 0) is 14.9 Å². The molecule has 0 aliphatic carbocycles. The number of anilines is 2. The van der Waals surface area contributed by atoms with Gasteiger partial charge in [-0.1, -0.05) is 18.2 Å². The molecular weight excluding hydrogens is 521 g/mol. The standard InChI is InChI=1S/C29H30FN3O5S/c1-29(2,3)38-28(35)33-23-11-7-19(18-5-8-21(30)9-6-18)16-24(23)32-27(34)26-17-20-15-22(10-12-25(20)37-26)39(36)14-4-13-31-39/h5-12,15-17,39H,4,13-14H2,1-3H3,(H,31,36)(H,32,34)(H,33,35). The van der Waals surface area contributed by atoms with Crippen LogP contribution in [0, 0.1) is 5.82 Å². The van der Waals surface area contributed by atoms with Crippen molar-refractivity contribution < 1.29 is 27.3 Å². The number of halogens is 1. The smallest absolute Gasteiger partial charge is 0.412 e. The summed E-state index contributed by atoms with van der Waals surface area (Å²) in [6.07, 6.45) is 0.171. The lowest BCUT2D eigenvalue weighted by molar-refractivity contribution is 0.0635. The quantitative estimate of drug-likeness (QED) is 0.223. The molecule has 0 bridgehead atoms. The Morgan fingerprint density at radius 2 is 1.69 bits per heavy atom. The Balaban J connectivity index is 1.45. The number of rotatable bonds is 5. The van der Waals surface area contributed by atoms with E-state index in [0.29, 0.717) is 45.1 Å². The zero-order valence-corrected chi connectivity index (χ0v) is 22.7. The molecular formula is C29H30FN3O5S. The number of carbonyl (C=O) groups is 2. The van der Waals surface area contributed by atoms with Gasteiger partial charge in [-0.15, -0.1) is 0 Å². The third kappa shape index (κ3) is 6.02. The third-order valence-corrected chi connectivity index (χ3v) is 9.03. The third-order valence-electron chi connectivity index (χ3n) is 6.24. The summed E-state index contributed by atoms with van der Waals surface area (Å²) in [6, 6.07) is 17.9. The molecule has 0 saturated carbocycles. The van der Waals surface area contributed by atoms with Gasteiger partial charge in [0, 0.05) is 22.6 Å². The summed E-state index contributed by atoms with van der Waals surface area (Å²) in [5.41, 5.74) is 1.81. The van der Waals surface area contributed by atoms with Crippen molar-refractivity contribution in [3.63, 3.8) is 0 Å². The zero-order valence-electron chi connectivity index (χ0n) is 21.8. The summed E-state index contributed by atoms with van der Waals surface area (Å²) in [5.74, 6) is -0.254. The van der Waals surface area contributed by atoms with Crippen LogP contribution < -0.4 is 15.4 Å². The monoisotopic (exact) mass is 551 g/mol. The van der Waals surface area contributed by atoms with E-state index in [1.807, 2.05) is 0 Å². The molecule has 2 amide bonds. The van der Waals surface area contributed by atoms with Crippen LogP contribution in [0.5, 0.6) is 0 Å². The molecule has 8 nitrogen and oxygen atoms in total. The predicted octanol–water partition coefficient (Wildman–Crippen LogP) is 6.12. The molecule has 3 N–H and O–H groups in total. The highest BCUT2D eigenvalue weighted by molar-refractivity contribution is 8.01. The van der Waals surface area contributed by atoms with E-state index in [-0.39, 0.29) is 11.6 Å². The molecule has 3 aromatic carbocycles. The first-order chi connectivity index (χ1) is 18.5. The number of furan rings is 1. The fraction of sp³-hybridized carbons (Fsp3) is 0.241. The molecule has 2 heterocycles. The molecule has 0 atom stereocenters. The van der Waals surface area contributed by atoms with Gasteiger partial charge in [0.25, 0.3) is 5.91 Å². The number of benzene rings is 3. The normalized spacial score (nSPS) is 15.6. The SMILES string of the molecule is CC(C)(C)OC(=O)Nc1ccc(-c2ccc(F)cc2)cc1NC(=O)c1cc2cc([SH]3(=O)CCCN3)ccc2o1. The van der Waals surface area contributed by atoms with Gasteiger partial charge >= 0.3 is 6.09 Å². The summed E-state index contributed by atoms with van der Waals surface area (Å²) in [5, 5.41) is 6.15. The van der Waals surface area contributed by atoms with E-state index in [1.54, 1.807) is 75.4 Å². The molecule has 1 aromatic heterocycles. The number of amides is 2. The Morgan fingerprint density at radius 3 is 2.38 bits per heavy atom. The lowest BCUT2D eigenvalue weighted by Crippen LogP contribution is -2.27. The molecule has 1 aliphatic rings. The number of carbonyl (C=O) groups excluding carboxylic acids is 2. The maximum atomic E-state index is 13.5. The highest BCUT2D eigenvalue weighted by atomic mass is 32.3. The Labute approximate surface area is 226 Å². The molecule has 1 saturated heterocycles. The van der Waals surface area contributed by atoms with E-state index in [4.69, 9.17) is 9.15 Å². The minimum atomic E-state index is -2.64. The van der Waals surface area contributed by atoms with E-state index in [1.165, 1.54) is 12.1 Å². The van der Waals surface area contributed by atoms with Crippen LogP contribution in [0.1, 0.15) is 37.7 Å². The van der Waals surface area contributed by atoms with Gasteiger partial charge in [0.2, 0.25) is 0 Å². The summed E-state index contributed by atoms with van der Waals surface area (Å²) in [7, 11) is -2.64.